The number of hydrogen-bond donors (Lipinski definition) is 3. The van der Waals surface area contributed by atoms with Crippen LogP contribution in [-0.2, 0) is 65.4 Å². The lowest BCUT2D eigenvalue weighted by Crippen LogP contribution is -2.30. The number of phosphoric ester groups is 2. The number of ether oxygens (including phenoxy) is 4. The second kappa shape index (κ2) is 74.9. The molecule has 0 amide bonds. The fraction of sp³-hybridized carbons (Fsp3) is 0.951. The summed E-state index contributed by atoms with van der Waals surface area (Å²) in [7, 11) is -9.91. The van der Waals surface area contributed by atoms with E-state index in [2.05, 4.69) is 34.6 Å². The monoisotopic (exact) mass is 1480 g/mol. The number of unbranched alkanes of at least 4 members (excludes halogenated alkanes) is 54. The van der Waals surface area contributed by atoms with E-state index in [-0.39, 0.29) is 25.7 Å². The molecule has 19 heteroatoms. The van der Waals surface area contributed by atoms with Crippen molar-refractivity contribution in [1.29, 1.82) is 0 Å². The molecule has 0 aliphatic rings. The lowest BCUT2D eigenvalue weighted by atomic mass is 10.0. The highest BCUT2D eigenvalue weighted by Crippen LogP contribution is 2.45. The van der Waals surface area contributed by atoms with Gasteiger partial charge in [-0.15, -0.1) is 0 Å². The zero-order chi connectivity index (χ0) is 74.1. The van der Waals surface area contributed by atoms with Crippen molar-refractivity contribution < 1.29 is 80.2 Å². The summed E-state index contributed by atoms with van der Waals surface area (Å²) in [5.41, 5.74) is 0. The third-order valence-electron chi connectivity index (χ3n) is 19.3. The fourth-order valence-electron chi connectivity index (χ4n) is 12.8. The van der Waals surface area contributed by atoms with Gasteiger partial charge >= 0.3 is 39.5 Å². The molecule has 0 heterocycles. The first-order chi connectivity index (χ1) is 49.0. The molecular weight excluding hydrogens is 1320 g/mol. The summed E-state index contributed by atoms with van der Waals surface area (Å²) in [4.78, 5) is 72.7. The molecule has 0 fully saturated rings. The van der Waals surface area contributed by atoms with E-state index in [0.29, 0.717) is 25.7 Å². The Morgan fingerprint density at radius 2 is 0.455 bits per heavy atom. The van der Waals surface area contributed by atoms with Gasteiger partial charge < -0.3 is 33.8 Å². The Morgan fingerprint density at radius 1 is 0.267 bits per heavy atom. The lowest BCUT2D eigenvalue weighted by Gasteiger charge is -2.21. The summed E-state index contributed by atoms with van der Waals surface area (Å²) in [6, 6.07) is 0. The molecule has 0 aliphatic heterocycles. The zero-order valence-corrected chi connectivity index (χ0v) is 67.8. The van der Waals surface area contributed by atoms with E-state index in [1.165, 1.54) is 257 Å². The average Bonchev–Trinajstić information content (AvgIpc) is 0.978. The minimum absolute atomic E-state index is 0.107. The Balaban J connectivity index is 5.11. The maximum Gasteiger partial charge on any atom is 0.472 e. The first-order valence-electron chi connectivity index (χ1n) is 42.6. The van der Waals surface area contributed by atoms with E-state index in [1.54, 1.807) is 0 Å². The molecule has 17 nitrogen and oxygen atoms in total. The number of carbonyl (C=O) groups excluding carboxylic acids is 4. The number of rotatable bonds is 82. The van der Waals surface area contributed by atoms with Crippen molar-refractivity contribution in [2.45, 2.75) is 457 Å². The molecule has 0 aromatic carbocycles. The highest BCUT2D eigenvalue weighted by Gasteiger charge is 2.30. The number of esters is 4. The van der Waals surface area contributed by atoms with Crippen LogP contribution in [0.1, 0.15) is 439 Å². The summed E-state index contributed by atoms with van der Waals surface area (Å²) < 4.78 is 68.5. The maximum absolute atomic E-state index is 13.1. The quantitative estimate of drug-likeness (QED) is 0.0222. The number of hydrogen-bond acceptors (Lipinski definition) is 15. The molecule has 0 aromatic rings. The van der Waals surface area contributed by atoms with Crippen LogP contribution in [0.3, 0.4) is 0 Å². The minimum Gasteiger partial charge on any atom is -0.462 e. The molecule has 3 N–H and O–H groups in total. The maximum atomic E-state index is 13.1. The van der Waals surface area contributed by atoms with E-state index in [0.717, 1.165) is 102 Å². The smallest absolute Gasteiger partial charge is 0.462 e. The van der Waals surface area contributed by atoms with Crippen LogP contribution in [-0.4, -0.2) is 96.7 Å². The summed E-state index contributed by atoms with van der Waals surface area (Å²) in [5, 5.41) is 10.6. The Bertz CT molecular complexity index is 1930. The number of aliphatic hydroxyl groups is 1. The molecule has 0 bridgehead atoms. The highest BCUT2D eigenvalue weighted by molar-refractivity contribution is 7.47. The summed E-state index contributed by atoms with van der Waals surface area (Å²) in [6.45, 7) is 7.26. The van der Waals surface area contributed by atoms with Crippen LogP contribution in [0.2, 0.25) is 0 Å². The second-order valence-electron chi connectivity index (χ2n) is 30.0. The summed E-state index contributed by atoms with van der Waals surface area (Å²) in [5.74, 6) is -1.33. The Morgan fingerprint density at radius 3 is 0.673 bits per heavy atom. The number of phosphoric acid groups is 2. The van der Waals surface area contributed by atoms with Crippen LogP contribution >= 0.6 is 15.6 Å². The molecule has 0 saturated carbocycles. The van der Waals surface area contributed by atoms with Gasteiger partial charge in [0.2, 0.25) is 0 Å². The molecule has 600 valence electrons. The van der Waals surface area contributed by atoms with Gasteiger partial charge in [0.05, 0.1) is 26.4 Å². The average molecular weight is 1480 g/mol. The van der Waals surface area contributed by atoms with Crippen molar-refractivity contribution in [2.75, 3.05) is 39.6 Å². The van der Waals surface area contributed by atoms with Gasteiger partial charge in [-0.1, -0.05) is 388 Å². The van der Waals surface area contributed by atoms with Gasteiger partial charge in [0.15, 0.2) is 12.2 Å². The van der Waals surface area contributed by atoms with Crippen molar-refractivity contribution >= 4 is 39.5 Å². The van der Waals surface area contributed by atoms with Gasteiger partial charge in [-0.05, 0) is 31.6 Å². The zero-order valence-electron chi connectivity index (χ0n) is 66.1. The lowest BCUT2D eigenvalue weighted by molar-refractivity contribution is -0.161. The van der Waals surface area contributed by atoms with Gasteiger partial charge in [-0.2, -0.15) is 0 Å². The first kappa shape index (κ1) is 99.1. The fourth-order valence-corrected chi connectivity index (χ4v) is 14.3. The number of carbonyl (C=O) groups is 4. The van der Waals surface area contributed by atoms with E-state index in [1.807, 2.05) is 0 Å². The van der Waals surface area contributed by atoms with Crippen molar-refractivity contribution in [3.05, 3.63) is 0 Å². The molecule has 0 saturated heterocycles. The van der Waals surface area contributed by atoms with E-state index in [9.17, 15) is 43.2 Å². The van der Waals surface area contributed by atoms with Gasteiger partial charge in [0.25, 0.3) is 0 Å². The Kier molecular flexibility index (Phi) is 73.5. The summed E-state index contributed by atoms with van der Waals surface area (Å²) >= 11 is 0. The largest absolute Gasteiger partial charge is 0.472 e. The van der Waals surface area contributed by atoms with Gasteiger partial charge in [0, 0.05) is 25.7 Å². The molecule has 2 unspecified atom stereocenters. The van der Waals surface area contributed by atoms with Crippen LogP contribution < -0.4 is 0 Å². The van der Waals surface area contributed by atoms with E-state index < -0.39 is 97.5 Å². The predicted molar refractivity (Wildman–Crippen MR) is 414 cm³/mol. The normalized spacial score (nSPS) is 13.8. The molecule has 101 heavy (non-hydrogen) atoms. The predicted octanol–water partition coefficient (Wildman–Crippen LogP) is 24.8. The van der Waals surface area contributed by atoms with Crippen molar-refractivity contribution in [3.8, 4) is 0 Å². The molecule has 5 atom stereocenters. The van der Waals surface area contributed by atoms with Crippen molar-refractivity contribution in [1.82, 2.24) is 0 Å². The first-order valence-corrected chi connectivity index (χ1v) is 45.6. The topological polar surface area (TPSA) is 237 Å². The van der Waals surface area contributed by atoms with Crippen LogP contribution in [0.25, 0.3) is 0 Å². The highest BCUT2D eigenvalue weighted by atomic mass is 31.2. The van der Waals surface area contributed by atoms with Crippen molar-refractivity contribution in [2.24, 2.45) is 5.92 Å². The third-order valence-corrected chi connectivity index (χ3v) is 21.2. The molecule has 0 spiro atoms. The molecule has 0 rings (SSSR count). The van der Waals surface area contributed by atoms with Gasteiger partial charge in [0.1, 0.15) is 19.3 Å². The second-order valence-corrected chi connectivity index (χ2v) is 32.9. The third kappa shape index (κ3) is 76.1. The van der Waals surface area contributed by atoms with Crippen LogP contribution in [0.15, 0.2) is 0 Å². The van der Waals surface area contributed by atoms with Gasteiger partial charge in [-0.25, -0.2) is 9.13 Å². The minimum atomic E-state index is -4.96. The SMILES string of the molecule is CCCCCCCCCCCCCCCCCCCCCCCCC(=O)O[C@H](COC(=O)CCCCCCCCCCCCCCCCCCCC)COP(=O)(O)OC[C@@H](O)COP(=O)(O)OC[C@@H](COC(=O)CCCCCCC)OC(=O)CCCCCCCCCCCCCCCC(C)C. The Hall–Kier alpha value is -1.94. The Labute approximate surface area is 619 Å². The van der Waals surface area contributed by atoms with Gasteiger partial charge in [-0.3, -0.25) is 37.3 Å². The van der Waals surface area contributed by atoms with E-state index in [4.69, 9.17) is 37.0 Å². The molecule has 0 aliphatic carbocycles. The van der Waals surface area contributed by atoms with Crippen LogP contribution in [0.5, 0.6) is 0 Å². The van der Waals surface area contributed by atoms with Crippen LogP contribution in [0, 0.1) is 5.92 Å². The molecule has 0 radical (unpaired) electrons. The van der Waals surface area contributed by atoms with Crippen molar-refractivity contribution in [3.63, 3.8) is 0 Å². The van der Waals surface area contributed by atoms with Crippen LogP contribution in [0.4, 0.5) is 0 Å². The molecule has 0 aromatic heterocycles. The summed E-state index contributed by atoms with van der Waals surface area (Å²) in [6.07, 6.45) is 67.2. The standard InChI is InChI=1S/C82H160O17P2/c1-6-9-12-15-17-19-21-23-25-27-29-30-31-32-34-36-40-44-48-52-57-62-68-82(87)99-78(72-93-80(85)66-61-56-51-47-43-39-35-33-28-26-24-22-20-18-16-13-10-7-2)74-97-101(90,91)95-70-76(83)69-94-100(88,89)96-73-77(71-92-79(84)65-60-54-14-11-8-3)98-81(86)67-63-58-53-49-45-41-37-38-42-46-50-55-59-64-75(4)5/h75-78,83H,6-74H2,1-5H3,(H,88,89)(H,90,91)/t76-,77+,78+/m0/s1. The van der Waals surface area contributed by atoms with E-state index >= 15 is 0 Å². The molecular formula is C82H160O17P2. The number of aliphatic hydroxyl groups excluding tert-OH is 1.